The fraction of sp³-hybridized carbons (Fsp3) is 0.294. The molecule has 2 aromatic carbocycles. The van der Waals surface area contributed by atoms with E-state index in [-0.39, 0.29) is 10.6 Å². The van der Waals surface area contributed by atoms with Crippen LogP contribution in [0.25, 0.3) is 0 Å². The molecule has 0 saturated carbocycles. The number of ether oxygens (including phenoxy) is 1. The highest BCUT2D eigenvalue weighted by molar-refractivity contribution is 7.87. The summed E-state index contributed by atoms with van der Waals surface area (Å²) in [6.45, 7) is 7.37. The van der Waals surface area contributed by atoms with E-state index in [4.69, 9.17) is 8.92 Å². The molecule has 22 heavy (non-hydrogen) atoms. The minimum atomic E-state index is -3.93. The van der Waals surface area contributed by atoms with E-state index in [2.05, 4.69) is 0 Å². The smallest absolute Gasteiger partial charge is 0.339 e. The van der Waals surface area contributed by atoms with Crippen LogP contribution in [0.3, 0.4) is 0 Å². The first-order chi connectivity index (χ1) is 10.3. The summed E-state index contributed by atoms with van der Waals surface area (Å²) in [5.41, 5.74) is 3.26. The minimum Gasteiger partial charge on any atom is -0.493 e. The maximum absolute atomic E-state index is 12.7. The van der Waals surface area contributed by atoms with Crippen LogP contribution >= 0.6 is 0 Å². The summed E-state index contributed by atoms with van der Waals surface area (Å²) in [4.78, 5) is 0.232. The summed E-state index contributed by atoms with van der Waals surface area (Å²) in [6, 6.07) is 8.67. The Labute approximate surface area is 131 Å². The van der Waals surface area contributed by atoms with Gasteiger partial charge in [-0.25, -0.2) is 0 Å². The minimum absolute atomic E-state index is 0.183. The predicted octanol–water partition coefficient (Wildman–Crippen LogP) is 3.70. The first-order valence-electron chi connectivity index (χ1n) is 6.93. The topological polar surface area (TPSA) is 52.6 Å². The second-order valence-corrected chi connectivity index (χ2v) is 6.76. The number of benzene rings is 2. The van der Waals surface area contributed by atoms with Gasteiger partial charge in [0.05, 0.1) is 7.11 Å². The molecule has 2 rings (SSSR count). The Morgan fingerprint density at radius 1 is 0.864 bits per heavy atom. The molecule has 0 aliphatic carbocycles. The molecule has 0 fully saturated rings. The van der Waals surface area contributed by atoms with Gasteiger partial charge in [0.1, 0.15) is 4.90 Å². The Morgan fingerprint density at radius 2 is 1.36 bits per heavy atom. The second kappa shape index (κ2) is 6.01. The molecule has 2 aromatic rings. The largest absolute Gasteiger partial charge is 0.493 e. The average Bonchev–Trinajstić information content (AvgIpc) is 2.45. The maximum atomic E-state index is 12.7. The highest BCUT2D eigenvalue weighted by Crippen LogP contribution is 2.32. The van der Waals surface area contributed by atoms with Crippen LogP contribution in [0.15, 0.2) is 35.2 Å². The van der Waals surface area contributed by atoms with Gasteiger partial charge in [0, 0.05) is 0 Å². The molecular formula is C17H20O4S. The van der Waals surface area contributed by atoms with Crippen molar-refractivity contribution in [2.45, 2.75) is 32.6 Å². The first kappa shape index (κ1) is 16.4. The molecule has 0 atom stereocenters. The van der Waals surface area contributed by atoms with E-state index >= 15 is 0 Å². The van der Waals surface area contributed by atoms with Crippen molar-refractivity contribution >= 4 is 10.1 Å². The highest BCUT2D eigenvalue weighted by atomic mass is 32.2. The molecule has 0 spiro atoms. The molecule has 0 radical (unpaired) electrons. The molecule has 0 amide bonds. The summed E-state index contributed by atoms with van der Waals surface area (Å²) in [5, 5.41) is 0. The van der Waals surface area contributed by atoms with Gasteiger partial charge >= 0.3 is 10.1 Å². The number of hydrogen-bond donors (Lipinski definition) is 0. The van der Waals surface area contributed by atoms with Crippen molar-refractivity contribution < 1.29 is 17.3 Å². The lowest BCUT2D eigenvalue weighted by atomic mass is 10.0. The number of para-hydroxylation sites is 2. The van der Waals surface area contributed by atoms with Crippen molar-refractivity contribution in [2.75, 3.05) is 7.11 Å². The van der Waals surface area contributed by atoms with E-state index < -0.39 is 10.1 Å². The van der Waals surface area contributed by atoms with Crippen LogP contribution in [0.1, 0.15) is 22.3 Å². The van der Waals surface area contributed by atoms with Crippen molar-refractivity contribution in [2.24, 2.45) is 0 Å². The molecule has 0 N–H and O–H groups in total. The maximum Gasteiger partial charge on any atom is 0.339 e. The lowest BCUT2D eigenvalue weighted by molar-refractivity contribution is 0.390. The van der Waals surface area contributed by atoms with Gasteiger partial charge in [-0.3, -0.25) is 0 Å². The molecule has 5 heteroatoms. The molecule has 118 valence electrons. The van der Waals surface area contributed by atoms with E-state index in [0.717, 1.165) is 11.1 Å². The van der Waals surface area contributed by atoms with E-state index in [9.17, 15) is 8.42 Å². The molecule has 0 aliphatic rings. The van der Waals surface area contributed by atoms with Crippen LogP contribution < -0.4 is 8.92 Å². The third kappa shape index (κ3) is 2.95. The summed E-state index contributed by atoms with van der Waals surface area (Å²) in [5.74, 6) is 0.564. The molecule has 0 saturated heterocycles. The molecule has 4 nitrogen and oxygen atoms in total. The van der Waals surface area contributed by atoms with Gasteiger partial charge in [-0.1, -0.05) is 18.2 Å². The van der Waals surface area contributed by atoms with Gasteiger partial charge in [0.25, 0.3) is 0 Å². The van der Waals surface area contributed by atoms with Crippen LogP contribution in [-0.4, -0.2) is 15.5 Å². The third-order valence-corrected chi connectivity index (χ3v) is 5.33. The summed E-state index contributed by atoms with van der Waals surface area (Å²) < 4.78 is 36.0. The molecular weight excluding hydrogens is 300 g/mol. The predicted molar refractivity (Wildman–Crippen MR) is 86.2 cm³/mol. The first-order valence-corrected chi connectivity index (χ1v) is 8.33. The zero-order valence-corrected chi connectivity index (χ0v) is 14.2. The lowest BCUT2D eigenvalue weighted by Crippen LogP contribution is -2.15. The molecule has 0 bridgehead atoms. The Balaban J connectivity index is 2.57. The van der Waals surface area contributed by atoms with E-state index in [1.165, 1.54) is 7.11 Å². The monoisotopic (exact) mass is 320 g/mol. The van der Waals surface area contributed by atoms with E-state index in [1.54, 1.807) is 38.1 Å². The summed E-state index contributed by atoms with van der Waals surface area (Å²) >= 11 is 0. The number of aryl methyl sites for hydroxylation is 2. The van der Waals surface area contributed by atoms with Gasteiger partial charge in [0.15, 0.2) is 11.5 Å². The van der Waals surface area contributed by atoms with Gasteiger partial charge in [-0.05, 0) is 62.1 Å². The van der Waals surface area contributed by atoms with Crippen molar-refractivity contribution in [3.8, 4) is 11.5 Å². The van der Waals surface area contributed by atoms with E-state index in [1.807, 2.05) is 19.9 Å². The van der Waals surface area contributed by atoms with Crippen LogP contribution in [0.4, 0.5) is 0 Å². The highest BCUT2D eigenvalue weighted by Gasteiger charge is 2.25. The second-order valence-electron chi connectivity index (χ2n) is 5.28. The van der Waals surface area contributed by atoms with Crippen molar-refractivity contribution in [1.82, 2.24) is 0 Å². The van der Waals surface area contributed by atoms with Crippen molar-refractivity contribution in [3.05, 3.63) is 52.6 Å². The molecule has 0 heterocycles. The van der Waals surface area contributed by atoms with Crippen LogP contribution in [0.5, 0.6) is 11.5 Å². The van der Waals surface area contributed by atoms with Gasteiger partial charge in [-0.2, -0.15) is 8.42 Å². The van der Waals surface area contributed by atoms with Crippen molar-refractivity contribution in [1.29, 1.82) is 0 Å². The zero-order chi connectivity index (χ0) is 16.5. The quantitative estimate of drug-likeness (QED) is 0.806. The summed E-state index contributed by atoms with van der Waals surface area (Å²) in [7, 11) is -2.46. The normalized spacial score (nSPS) is 11.3. The molecule has 0 aliphatic heterocycles. The average molecular weight is 320 g/mol. The van der Waals surface area contributed by atoms with Crippen LogP contribution in [-0.2, 0) is 10.1 Å². The van der Waals surface area contributed by atoms with Crippen molar-refractivity contribution in [3.63, 3.8) is 0 Å². The lowest BCUT2D eigenvalue weighted by Gasteiger charge is -2.16. The van der Waals surface area contributed by atoms with Crippen LogP contribution in [0.2, 0.25) is 0 Å². The zero-order valence-electron chi connectivity index (χ0n) is 13.4. The molecule has 0 unspecified atom stereocenters. The molecule has 0 aromatic heterocycles. The number of methoxy groups -OCH3 is 1. The Morgan fingerprint density at radius 3 is 1.86 bits per heavy atom. The third-order valence-electron chi connectivity index (χ3n) is 3.82. The van der Waals surface area contributed by atoms with E-state index in [0.29, 0.717) is 16.9 Å². The summed E-state index contributed by atoms with van der Waals surface area (Å²) in [6.07, 6.45) is 0. The standard InChI is InChI=1S/C17H20O4S/c1-11-10-12(2)14(4)17(13(11)3)22(18,19)21-16-9-7-6-8-15(16)20-5/h6-10H,1-5H3. The fourth-order valence-electron chi connectivity index (χ4n) is 2.40. The van der Waals surface area contributed by atoms with Crippen LogP contribution in [0, 0.1) is 27.7 Å². The fourth-order valence-corrected chi connectivity index (χ4v) is 3.93. The van der Waals surface area contributed by atoms with Gasteiger partial charge in [0.2, 0.25) is 0 Å². The Bertz CT molecular complexity index is 781. The number of rotatable bonds is 4. The van der Waals surface area contributed by atoms with Gasteiger partial charge in [-0.15, -0.1) is 0 Å². The Hall–Kier alpha value is -2.01. The number of hydrogen-bond acceptors (Lipinski definition) is 4. The Kier molecular flexibility index (Phi) is 4.47. The SMILES string of the molecule is COc1ccccc1OS(=O)(=O)c1c(C)c(C)cc(C)c1C. The van der Waals surface area contributed by atoms with Gasteiger partial charge < -0.3 is 8.92 Å².